The Balaban J connectivity index is 1.32. The van der Waals surface area contributed by atoms with Crippen LogP contribution >= 0.6 is 0 Å². The molecule has 2 N–H and O–H groups in total. The van der Waals surface area contributed by atoms with Gasteiger partial charge in [0.2, 0.25) is 10.0 Å². The molecule has 3 aliphatic rings. The van der Waals surface area contributed by atoms with Crippen LogP contribution in [0.1, 0.15) is 79.8 Å². The van der Waals surface area contributed by atoms with Crippen LogP contribution in [0.25, 0.3) is 0 Å². The van der Waals surface area contributed by atoms with E-state index in [0.29, 0.717) is 0 Å². The van der Waals surface area contributed by atoms with Crippen molar-refractivity contribution in [3.8, 4) is 0 Å². The fourth-order valence-corrected chi connectivity index (χ4v) is 18.0. The number of esters is 1. The first-order valence-corrected chi connectivity index (χ1v) is 29.0. The summed E-state index contributed by atoms with van der Waals surface area (Å²) in [5.41, 5.74) is -2.46. The third kappa shape index (κ3) is 8.87. The number of fused-ring (bicyclic) bond motifs is 1. The number of aromatic nitrogens is 4. The molecule has 17 nitrogen and oxygen atoms in total. The fourth-order valence-electron chi connectivity index (χ4n) is 9.79. The second-order valence-corrected chi connectivity index (χ2v) is 32.2. The van der Waals surface area contributed by atoms with Crippen LogP contribution in [0.5, 0.6) is 0 Å². The summed E-state index contributed by atoms with van der Waals surface area (Å²) in [5.74, 6) is -3.28. The normalized spacial score (nSPS) is 25.7. The number of likely N-dealkylation sites (N-methyl/N-ethyl adjacent to an activating group) is 1. The SMILES string of the molecule is Cc1cn([C@H]2C[C@H](O[Si](C)(C)C(C)(C)C)[C@@H](CN(C)S(=O)(=O)C3(C(=O)OC(C)C)[C@@H]4[C@H]3[C@@H](CO[Si](c3ccccc3)(c3ccccc3)C(C)(C)C)O[C@H]4n3ccc(=O)[nH]c3=O)O2)c(=O)[nH]c1=O. The van der Waals surface area contributed by atoms with Crippen molar-refractivity contribution in [1.82, 2.24) is 23.4 Å². The molecule has 4 heterocycles. The molecule has 67 heavy (non-hydrogen) atoms. The van der Waals surface area contributed by atoms with E-state index >= 15 is 8.42 Å². The van der Waals surface area contributed by atoms with Crippen LogP contribution in [-0.2, 0) is 37.9 Å². The largest absolute Gasteiger partial charge is 0.462 e. The van der Waals surface area contributed by atoms with Gasteiger partial charge in [0.25, 0.3) is 19.4 Å². The molecule has 2 aliphatic heterocycles. The van der Waals surface area contributed by atoms with Crippen LogP contribution < -0.4 is 32.9 Å². The summed E-state index contributed by atoms with van der Waals surface area (Å²) in [7, 11) is -9.26. The average molecular weight is 980 g/mol. The highest BCUT2D eigenvalue weighted by atomic mass is 32.2. The molecule has 2 aromatic carbocycles. The second-order valence-electron chi connectivity index (χ2n) is 20.9. The number of sulfonamides is 1. The summed E-state index contributed by atoms with van der Waals surface area (Å²) in [6, 6.07) is 20.9. The van der Waals surface area contributed by atoms with Gasteiger partial charge in [-0.3, -0.25) is 33.5 Å². The highest BCUT2D eigenvalue weighted by molar-refractivity contribution is 7.91. The standard InChI is InChI=1S/C47H65N5O12SSi2/c1-29(2)61-42(55)47(65(58,59)50(10)27-34-33(64-66(11,12)45(4,5)6)25-37(62-34)52-26-30(3)40(54)49-44(52)57)38-35(63-41(39(38)47)51-24-23-36(53)48-43(51)56)28-60-67(46(7,8)9,31-19-15-13-16-20-31)32-21-17-14-18-22-32/h13-24,26,29,33-35,37-39,41H,25,27-28H2,1-12H3,(H,48,53,56)(H,49,54,57)/t33-,34+,35+,37+,38+,39+,41+,47?/m0/s1. The number of hydrogen-bond acceptors (Lipinski definition) is 12. The van der Waals surface area contributed by atoms with Crippen LogP contribution in [-0.4, -0.2) is 104 Å². The summed E-state index contributed by atoms with van der Waals surface area (Å²) in [4.78, 5) is 70.9. The van der Waals surface area contributed by atoms with Crippen LogP contribution in [0.15, 0.2) is 98.3 Å². The van der Waals surface area contributed by atoms with Gasteiger partial charge in [-0.15, -0.1) is 0 Å². The first-order chi connectivity index (χ1) is 31.2. The smallest absolute Gasteiger partial charge is 0.330 e. The number of carbonyl (C=O) groups excluding carboxylic acids is 1. The molecule has 4 aromatic rings. The molecule has 20 heteroatoms. The maximum atomic E-state index is 15.8. The molecule has 0 amide bonds. The molecule has 8 atom stereocenters. The van der Waals surface area contributed by atoms with Crippen LogP contribution in [0, 0.1) is 18.8 Å². The van der Waals surface area contributed by atoms with Crippen molar-refractivity contribution in [2.24, 2.45) is 11.8 Å². The van der Waals surface area contributed by atoms with Crippen LogP contribution in [0.3, 0.4) is 0 Å². The number of ether oxygens (including phenoxy) is 3. The molecule has 0 bridgehead atoms. The van der Waals surface area contributed by atoms with Gasteiger partial charge in [0, 0.05) is 55.9 Å². The molecular weight excluding hydrogens is 915 g/mol. The molecule has 2 aromatic heterocycles. The van der Waals surface area contributed by atoms with Crippen LogP contribution in [0.2, 0.25) is 23.2 Å². The number of H-pyrrole nitrogens is 2. The lowest BCUT2D eigenvalue weighted by molar-refractivity contribution is -0.152. The lowest BCUT2D eigenvalue weighted by Gasteiger charge is -2.43. The van der Waals surface area contributed by atoms with Gasteiger partial charge >= 0.3 is 17.3 Å². The van der Waals surface area contributed by atoms with Crippen molar-refractivity contribution in [3.63, 3.8) is 0 Å². The Kier molecular flexibility index (Phi) is 13.6. The Bertz CT molecular complexity index is 2780. The number of nitrogens with zero attached hydrogens (tertiary/aromatic N) is 3. The maximum Gasteiger partial charge on any atom is 0.330 e. The molecule has 0 spiro atoms. The van der Waals surface area contributed by atoms with Gasteiger partial charge in [-0.25, -0.2) is 22.3 Å². The van der Waals surface area contributed by atoms with E-state index in [1.807, 2.05) is 60.7 Å². The predicted octanol–water partition coefficient (Wildman–Crippen LogP) is 3.75. The Morgan fingerprint density at radius 2 is 1.43 bits per heavy atom. The number of aryl methyl sites for hydroxylation is 1. The van der Waals surface area contributed by atoms with Crippen molar-refractivity contribution in [3.05, 3.63) is 126 Å². The second kappa shape index (κ2) is 18.1. The fraction of sp³-hybridized carbons (Fsp3) is 0.553. The first-order valence-electron chi connectivity index (χ1n) is 22.7. The number of hydrogen-bond donors (Lipinski definition) is 2. The minimum Gasteiger partial charge on any atom is -0.462 e. The highest BCUT2D eigenvalue weighted by Gasteiger charge is 2.87. The zero-order valence-corrected chi connectivity index (χ0v) is 43.2. The Hall–Kier alpha value is -4.55. The predicted molar refractivity (Wildman–Crippen MR) is 258 cm³/mol. The number of carbonyl (C=O) groups is 1. The molecule has 1 aliphatic carbocycles. The third-order valence-electron chi connectivity index (χ3n) is 14.1. The molecule has 3 fully saturated rings. The molecule has 1 saturated carbocycles. The zero-order chi connectivity index (χ0) is 49.2. The molecule has 0 radical (unpaired) electrons. The molecule has 1 unspecified atom stereocenters. The van der Waals surface area contributed by atoms with E-state index in [2.05, 4.69) is 64.6 Å². The first kappa shape index (κ1) is 50.3. The quantitative estimate of drug-likeness (QED) is 0.129. The maximum absolute atomic E-state index is 15.8. The topological polar surface area (TPSA) is 210 Å². The minimum atomic E-state index is -4.79. The molecular formula is C47H65N5O12SSi2. The summed E-state index contributed by atoms with van der Waals surface area (Å²) >= 11 is 0. The number of aromatic amines is 2. The van der Waals surface area contributed by atoms with E-state index in [1.54, 1.807) is 20.8 Å². The van der Waals surface area contributed by atoms with Crippen molar-refractivity contribution < 1.29 is 36.3 Å². The van der Waals surface area contributed by atoms with E-state index < -0.39 is 114 Å². The average Bonchev–Trinajstić information content (AvgIpc) is 3.61. The monoisotopic (exact) mass is 979 g/mol. The Morgan fingerprint density at radius 1 is 0.851 bits per heavy atom. The van der Waals surface area contributed by atoms with Crippen LogP contribution in [0.4, 0.5) is 0 Å². The van der Waals surface area contributed by atoms with E-state index in [0.717, 1.165) is 25.3 Å². The van der Waals surface area contributed by atoms with E-state index in [4.69, 9.17) is 23.1 Å². The van der Waals surface area contributed by atoms with E-state index in [1.165, 1.54) is 24.0 Å². The van der Waals surface area contributed by atoms with E-state index in [-0.39, 0.29) is 30.2 Å². The van der Waals surface area contributed by atoms with E-state index in [9.17, 15) is 24.0 Å². The highest BCUT2D eigenvalue weighted by Crippen LogP contribution is 2.69. The van der Waals surface area contributed by atoms with Gasteiger partial charge in [0.05, 0.1) is 31.0 Å². The summed E-state index contributed by atoms with van der Waals surface area (Å²) in [6.45, 7) is 21.0. The van der Waals surface area contributed by atoms with Gasteiger partial charge in [-0.1, -0.05) is 102 Å². The number of nitrogens with one attached hydrogen (secondary N) is 2. The van der Waals surface area contributed by atoms with Crippen molar-refractivity contribution >= 4 is 43.0 Å². The van der Waals surface area contributed by atoms with Gasteiger partial charge in [-0.2, -0.15) is 0 Å². The van der Waals surface area contributed by atoms with Gasteiger partial charge in [-0.05, 0) is 54.3 Å². The Labute approximate surface area is 393 Å². The third-order valence-corrected chi connectivity index (χ3v) is 26.2. The van der Waals surface area contributed by atoms with Crippen molar-refractivity contribution in [2.45, 2.75) is 134 Å². The minimum absolute atomic E-state index is 0.162. The summed E-state index contributed by atoms with van der Waals surface area (Å²) < 4.78 is 66.0. The molecule has 364 valence electrons. The Morgan fingerprint density at radius 3 is 1.97 bits per heavy atom. The van der Waals surface area contributed by atoms with Gasteiger partial charge in [0.15, 0.2) is 13.1 Å². The number of benzene rings is 2. The molecule has 2 saturated heterocycles. The molecule has 7 rings (SSSR count). The van der Waals surface area contributed by atoms with Crippen molar-refractivity contribution in [2.75, 3.05) is 20.2 Å². The lowest BCUT2D eigenvalue weighted by Crippen LogP contribution is -2.67. The summed E-state index contributed by atoms with van der Waals surface area (Å²) in [5, 5.41) is 1.20. The summed E-state index contributed by atoms with van der Waals surface area (Å²) in [6.07, 6.45) is -2.92. The van der Waals surface area contributed by atoms with Crippen molar-refractivity contribution in [1.29, 1.82) is 0 Å². The van der Waals surface area contributed by atoms with Gasteiger partial charge < -0.3 is 23.1 Å². The zero-order valence-electron chi connectivity index (χ0n) is 40.4. The van der Waals surface area contributed by atoms with Gasteiger partial charge in [0.1, 0.15) is 12.5 Å². The number of rotatable bonds is 15. The lowest BCUT2D eigenvalue weighted by atomic mass is 10.2.